The van der Waals surface area contributed by atoms with E-state index in [2.05, 4.69) is 35.7 Å². The molecule has 9 heteroatoms. The Labute approximate surface area is 197 Å². The van der Waals surface area contributed by atoms with Crippen molar-refractivity contribution in [3.8, 4) is 0 Å². The predicted octanol–water partition coefficient (Wildman–Crippen LogP) is 4.07. The Bertz CT molecular complexity index is 828. The summed E-state index contributed by atoms with van der Waals surface area (Å²) in [6.45, 7) is 10.6. The highest BCUT2D eigenvalue weighted by Gasteiger charge is 2.31. The van der Waals surface area contributed by atoms with Crippen LogP contribution >= 0.6 is 23.2 Å². The summed E-state index contributed by atoms with van der Waals surface area (Å²) in [7, 11) is -3.26. The lowest BCUT2D eigenvalue weighted by Gasteiger charge is -2.38. The quantitative estimate of drug-likeness (QED) is 0.545. The molecular weight excluding hydrogens is 457 g/mol. The van der Waals surface area contributed by atoms with Crippen molar-refractivity contribution in [1.29, 1.82) is 0 Å². The van der Waals surface area contributed by atoms with Crippen LogP contribution in [-0.2, 0) is 21.4 Å². The van der Waals surface area contributed by atoms with Crippen molar-refractivity contribution in [3.63, 3.8) is 0 Å². The molecule has 1 aliphatic rings. The zero-order chi connectivity index (χ0) is 23.2. The zero-order valence-corrected chi connectivity index (χ0v) is 21.2. The zero-order valence-electron chi connectivity index (χ0n) is 18.9. The predicted molar refractivity (Wildman–Crippen MR) is 128 cm³/mol. The Morgan fingerprint density at radius 2 is 1.74 bits per heavy atom. The number of likely N-dealkylation sites (tertiary alicyclic amines) is 1. The van der Waals surface area contributed by atoms with Gasteiger partial charge in [-0.15, -0.1) is 0 Å². The summed E-state index contributed by atoms with van der Waals surface area (Å²) < 4.78 is 27.0. The third kappa shape index (κ3) is 9.26. The standard InChI is InChI=1S/C22H35Cl2N3O3S/c1-5-31(29,30)26-20(22(2,3)4)15-27-8-6-16(7-9-27)12-21(28)25-14-17-10-18(23)13-19(24)11-17/h10-11,13,16,20,26H,5-9,12,14-15H2,1-4H3,(H,25,28). The molecular formula is C22H35Cl2N3O3S. The van der Waals surface area contributed by atoms with E-state index in [0.717, 1.165) is 31.5 Å². The fourth-order valence-electron chi connectivity index (χ4n) is 3.67. The molecule has 0 spiro atoms. The van der Waals surface area contributed by atoms with Crippen LogP contribution in [0.4, 0.5) is 0 Å². The topological polar surface area (TPSA) is 78.5 Å². The molecule has 0 radical (unpaired) electrons. The first-order chi connectivity index (χ1) is 14.4. The van der Waals surface area contributed by atoms with Gasteiger partial charge in [0.25, 0.3) is 0 Å². The maximum Gasteiger partial charge on any atom is 0.220 e. The molecule has 1 heterocycles. The Morgan fingerprint density at radius 1 is 1.16 bits per heavy atom. The highest BCUT2D eigenvalue weighted by atomic mass is 35.5. The Morgan fingerprint density at radius 3 is 2.26 bits per heavy atom. The minimum absolute atomic E-state index is 0.0258. The van der Waals surface area contributed by atoms with Crippen molar-refractivity contribution in [2.75, 3.05) is 25.4 Å². The molecule has 1 atom stereocenters. The summed E-state index contributed by atoms with van der Waals surface area (Å²) in [4.78, 5) is 14.7. The minimum atomic E-state index is -3.26. The molecule has 6 nitrogen and oxygen atoms in total. The van der Waals surface area contributed by atoms with E-state index in [-0.39, 0.29) is 23.1 Å². The van der Waals surface area contributed by atoms with Gasteiger partial charge >= 0.3 is 0 Å². The van der Waals surface area contributed by atoms with Crippen molar-refractivity contribution < 1.29 is 13.2 Å². The Kier molecular flexibility index (Phi) is 9.64. The number of sulfonamides is 1. The van der Waals surface area contributed by atoms with Gasteiger partial charge in [0.15, 0.2) is 0 Å². The van der Waals surface area contributed by atoms with Crippen LogP contribution in [0.2, 0.25) is 10.0 Å². The Balaban J connectivity index is 1.80. The maximum atomic E-state index is 12.4. The summed E-state index contributed by atoms with van der Waals surface area (Å²) in [6, 6.07) is 5.11. The number of hydrogen-bond acceptors (Lipinski definition) is 4. The van der Waals surface area contributed by atoms with Gasteiger partial charge in [0.2, 0.25) is 15.9 Å². The summed E-state index contributed by atoms with van der Waals surface area (Å²) >= 11 is 12.0. The molecule has 1 fully saturated rings. The van der Waals surface area contributed by atoms with Gasteiger partial charge < -0.3 is 10.2 Å². The number of piperidine rings is 1. The molecule has 1 amide bonds. The largest absolute Gasteiger partial charge is 0.352 e. The number of amides is 1. The lowest BCUT2D eigenvalue weighted by molar-refractivity contribution is -0.122. The van der Waals surface area contributed by atoms with E-state index >= 15 is 0 Å². The normalized spacial score (nSPS) is 17.5. The van der Waals surface area contributed by atoms with E-state index in [0.29, 0.717) is 35.5 Å². The minimum Gasteiger partial charge on any atom is -0.352 e. The lowest BCUT2D eigenvalue weighted by atomic mass is 9.86. The van der Waals surface area contributed by atoms with Crippen LogP contribution in [0.5, 0.6) is 0 Å². The molecule has 1 saturated heterocycles. The van der Waals surface area contributed by atoms with E-state index in [4.69, 9.17) is 23.2 Å². The smallest absolute Gasteiger partial charge is 0.220 e. The van der Waals surface area contributed by atoms with E-state index in [9.17, 15) is 13.2 Å². The van der Waals surface area contributed by atoms with E-state index < -0.39 is 10.0 Å². The van der Waals surface area contributed by atoms with Crippen molar-refractivity contribution in [2.24, 2.45) is 11.3 Å². The van der Waals surface area contributed by atoms with Crippen LogP contribution in [0.15, 0.2) is 18.2 Å². The average molecular weight is 493 g/mol. The molecule has 1 aromatic rings. The summed E-state index contributed by atoms with van der Waals surface area (Å²) in [5.74, 6) is 0.440. The van der Waals surface area contributed by atoms with E-state index in [1.165, 1.54) is 0 Å². The molecule has 1 aliphatic heterocycles. The number of nitrogens with one attached hydrogen (secondary N) is 2. The van der Waals surface area contributed by atoms with Gasteiger partial charge in [0, 0.05) is 35.6 Å². The number of hydrogen-bond donors (Lipinski definition) is 2. The van der Waals surface area contributed by atoms with Gasteiger partial charge in [-0.3, -0.25) is 4.79 Å². The molecule has 2 rings (SSSR count). The van der Waals surface area contributed by atoms with Crippen molar-refractivity contribution >= 4 is 39.1 Å². The first-order valence-corrected chi connectivity index (χ1v) is 13.2. The van der Waals surface area contributed by atoms with Crippen LogP contribution in [0.25, 0.3) is 0 Å². The maximum absolute atomic E-state index is 12.4. The number of carbonyl (C=O) groups is 1. The summed E-state index contributed by atoms with van der Waals surface area (Å²) in [6.07, 6.45) is 2.34. The molecule has 2 N–H and O–H groups in total. The van der Waals surface area contributed by atoms with Crippen LogP contribution in [0.3, 0.4) is 0 Å². The third-order valence-electron chi connectivity index (χ3n) is 5.78. The molecule has 176 valence electrons. The molecule has 31 heavy (non-hydrogen) atoms. The van der Waals surface area contributed by atoms with Crippen LogP contribution in [-0.4, -0.2) is 50.7 Å². The van der Waals surface area contributed by atoms with Crippen LogP contribution in [0.1, 0.15) is 52.5 Å². The molecule has 0 aliphatic carbocycles. The van der Waals surface area contributed by atoms with Gasteiger partial charge in [-0.1, -0.05) is 44.0 Å². The van der Waals surface area contributed by atoms with Crippen LogP contribution in [0, 0.1) is 11.3 Å². The molecule has 0 saturated carbocycles. The van der Waals surface area contributed by atoms with Crippen molar-refractivity contribution in [2.45, 2.75) is 59.5 Å². The first kappa shape index (κ1) is 26.4. The highest BCUT2D eigenvalue weighted by Crippen LogP contribution is 2.25. The first-order valence-electron chi connectivity index (χ1n) is 10.8. The number of halogens is 2. The van der Waals surface area contributed by atoms with Gasteiger partial charge in [-0.05, 0) is 68.0 Å². The number of carbonyl (C=O) groups excluding carboxylic acids is 1. The average Bonchev–Trinajstić information content (AvgIpc) is 2.66. The lowest BCUT2D eigenvalue weighted by Crippen LogP contribution is -2.52. The molecule has 0 bridgehead atoms. The van der Waals surface area contributed by atoms with Gasteiger partial charge in [0.1, 0.15) is 0 Å². The Hall–Kier alpha value is -0.860. The van der Waals surface area contributed by atoms with E-state index in [1.807, 2.05) is 0 Å². The van der Waals surface area contributed by atoms with Crippen molar-refractivity contribution in [3.05, 3.63) is 33.8 Å². The third-order valence-corrected chi connectivity index (χ3v) is 7.62. The second-order valence-electron chi connectivity index (χ2n) is 9.44. The van der Waals surface area contributed by atoms with Gasteiger partial charge in [-0.25, -0.2) is 13.1 Å². The SMILES string of the molecule is CCS(=O)(=O)NC(CN1CCC(CC(=O)NCc2cc(Cl)cc(Cl)c2)CC1)C(C)(C)C. The summed E-state index contributed by atoms with van der Waals surface area (Å²) in [5.41, 5.74) is 0.700. The van der Waals surface area contributed by atoms with Crippen LogP contribution < -0.4 is 10.0 Å². The monoisotopic (exact) mass is 491 g/mol. The number of rotatable bonds is 9. The fraction of sp³-hybridized carbons (Fsp3) is 0.682. The second-order valence-corrected chi connectivity index (χ2v) is 12.4. The second kappa shape index (κ2) is 11.3. The number of nitrogens with zero attached hydrogens (tertiary/aromatic N) is 1. The van der Waals surface area contributed by atoms with Gasteiger partial charge in [0.05, 0.1) is 5.75 Å². The fourth-order valence-corrected chi connectivity index (χ4v) is 5.27. The summed E-state index contributed by atoms with van der Waals surface area (Å²) in [5, 5.41) is 4.06. The molecule has 0 aromatic heterocycles. The highest BCUT2D eigenvalue weighted by molar-refractivity contribution is 7.89. The molecule has 1 unspecified atom stereocenters. The number of benzene rings is 1. The van der Waals surface area contributed by atoms with Crippen molar-refractivity contribution in [1.82, 2.24) is 14.9 Å². The van der Waals surface area contributed by atoms with Gasteiger partial charge in [-0.2, -0.15) is 0 Å². The molecule has 1 aromatic carbocycles. The van der Waals surface area contributed by atoms with E-state index in [1.54, 1.807) is 25.1 Å².